The van der Waals surface area contributed by atoms with Crippen LogP contribution in [0.4, 0.5) is 23.0 Å². The third-order valence-corrected chi connectivity index (χ3v) is 9.00. The van der Waals surface area contributed by atoms with Gasteiger partial charge in [0.2, 0.25) is 16.5 Å². The normalized spacial score (nSPS) is 12.4. The number of phenols is 1. The van der Waals surface area contributed by atoms with Gasteiger partial charge in [0.25, 0.3) is 20.2 Å². The van der Waals surface area contributed by atoms with E-state index in [9.17, 15) is 31.0 Å². The Kier molecular flexibility index (Phi) is 9.11. The van der Waals surface area contributed by atoms with Crippen molar-refractivity contribution >= 4 is 100 Å². The average Bonchev–Trinajstić information content (AvgIpc) is 2.96. The van der Waals surface area contributed by atoms with E-state index < -0.39 is 41.5 Å². The van der Waals surface area contributed by atoms with Crippen LogP contribution in [-0.2, 0) is 29.6 Å². The molecule has 0 spiro atoms. The van der Waals surface area contributed by atoms with Gasteiger partial charge in [0, 0.05) is 28.9 Å². The molecule has 16 nitrogen and oxygen atoms in total. The standard InChI is InChI=1S/C24H16Cl2N6O10S3/c1-32(24-28-22(25)27-23(26)29-24)12-5-6-13-11(9-12)10-17(43-42-41-34)19(20(13)33)31-30-16-8-7-14-15(21(16)45(38,39)40)3-2-4-18(14)44(35,36)37/h2-10,33-34H,1H3,(H,35,36,37)(H,38,39,40). The molecule has 0 amide bonds. The summed E-state index contributed by atoms with van der Waals surface area (Å²) in [6.45, 7) is 0. The van der Waals surface area contributed by atoms with Crippen LogP contribution in [0.2, 0.25) is 10.6 Å². The largest absolute Gasteiger partial charge is 0.505 e. The summed E-state index contributed by atoms with van der Waals surface area (Å²) in [5.41, 5.74) is -0.197. The topological polar surface area (TPSA) is 234 Å². The van der Waals surface area contributed by atoms with Crippen LogP contribution in [0.15, 0.2) is 79.5 Å². The number of phenolic OH excluding ortho intramolecular Hbond substituents is 1. The maximum atomic E-state index is 12.4. The van der Waals surface area contributed by atoms with Gasteiger partial charge in [-0.2, -0.15) is 31.8 Å². The average molecular weight is 716 g/mol. The minimum atomic E-state index is -5.05. The van der Waals surface area contributed by atoms with Crippen LogP contribution in [0.3, 0.4) is 0 Å². The van der Waals surface area contributed by atoms with Crippen molar-refractivity contribution in [3.05, 3.63) is 65.2 Å². The molecular weight excluding hydrogens is 699 g/mol. The van der Waals surface area contributed by atoms with Crippen molar-refractivity contribution in [3.63, 3.8) is 0 Å². The quantitative estimate of drug-likeness (QED) is 0.0431. The summed E-state index contributed by atoms with van der Waals surface area (Å²) in [4.78, 5) is 11.9. The molecule has 0 saturated carbocycles. The highest BCUT2D eigenvalue weighted by atomic mass is 35.5. The lowest BCUT2D eigenvalue weighted by Gasteiger charge is -2.18. The molecule has 1 aromatic heterocycles. The summed E-state index contributed by atoms with van der Waals surface area (Å²) in [7, 11) is -8.19. The highest BCUT2D eigenvalue weighted by molar-refractivity contribution is 7.94. The van der Waals surface area contributed by atoms with E-state index in [1.165, 1.54) is 23.1 Å². The van der Waals surface area contributed by atoms with Gasteiger partial charge in [-0.3, -0.25) is 9.11 Å². The molecule has 0 radical (unpaired) electrons. The van der Waals surface area contributed by atoms with Gasteiger partial charge in [-0.15, -0.1) is 14.6 Å². The van der Waals surface area contributed by atoms with Gasteiger partial charge >= 0.3 is 0 Å². The summed E-state index contributed by atoms with van der Waals surface area (Å²) < 4.78 is 72.6. The van der Waals surface area contributed by atoms with Gasteiger partial charge in [-0.1, -0.05) is 23.2 Å². The highest BCUT2D eigenvalue weighted by Crippen LogP contribution is 2.45. The Labute approximate surface area is 267 Å². The number of hydrogen-bond donors (Lipinski definition) is 4. The van der Waals surface area contributed by atoms with E-state index in [1.54, 1.807) is 19.2 Å². The molecule has 1 heterocycles. The Balaban J connectivity index is 1.65. The molecule has 0 fully saturated rings. The first-order valence-electron chi connectivity index (χ1n) is 11.9. The number of anilines is 2. The molecule has 0 aliphatic carbocycles. The minimum Gasteiger partial charge on any atom is -0.505 e. The fourth-order valence-electron chi connectivity index (χ4n) is 4.31. The van der Waals surface area contributed by atoms with Crippen molar-refractivity contribution < 1.29 is 45.7 Å². The number of aromatic hydroxyl groups is 1. The van der Waals surface area contributed by atoms with Gasteiger partial charge in [-0.25, -0.2) is 5.26 Å². The van der Waals surface area contributed by atoms with Gasteiger partial charge < -0.3 is 10.0 Å². The number of azo groups is 1. The summed E-state index contributed by atoms with van der Waals surface area (Å²) in [6.07, 6.45) is 0. The summed E-state index contributed by atoms with van der Waals surface area (Å²) in [6, 6.07) is 11.8. The van der Waals surface area contributed by atoms with Crippen LogP contribution in [-0.4, -0.2) is 58.3 Å². The van der Waals surface area contributed by atoms with Crippen LogP contribution in [0.1, 0.15) is 0 Å². The highest BCUT2D eigenvalue weighted by Gasteiger charge is 2.24. The van der Waals surface area contributed by atoms with Crippen LogP contribution in [0.25, 0.3) is 21.5 Å². The molecule has 234 valence electrons. The summed E-state index contributed by atoms with van der Waals surface area (Å²) in [5, 5.41) is 31.4. The molecular formula is C24H16Cl2N6O10S3. The lowest BCUT2D eigenvalue weighted by Crippen LogP contribution is -2.13. The Bertz CT molecular complexity index is 2220. The molecule has 4 aromatic carbocycles. The SMILES string of the molecule is CN(c1ccc2c(O)c(N=Nc3ccc4c(S(=O)(=O)O)cccc4c3S(=O)(=O)O)c(SOOO)cc2c1)c1nc(Cl)nc(Cl)n1. The van der Waals surface area contributed by atoms with E-state index in [1.807, 2.05) is 0 Å². The van der Waals surface area contributed by atoms with Crippen molar-refractivity contribution in [2.45, 2.75) is 14.7 Å². The Morgan fingerprint density at radius 3 is 2.20 bits per heavy atom. The second-order valence-electron chi connectivity index (χ2n) is 8.85. The van der Waals surface area contributed by atoms with E-state index in [-0.39, 0.29) is 43.3 Å². The van der Waals surface area contributed by atoms with E-state index in [0.29, 0.717) is 23.1 Å². The lowest BCUT2D eigenvalue weighted by atomic mass is 10.1. The fraction of sp³-hybridized carbons (Fsp3) is 0.0417. The Morgan fingerprint density at radius 2 is 1.56 bits per heavy atom. The van der Waals surface area contributed by atoms with Crippen molar-refractivity contribution in [1.29, 1.82) is 0 Å². The fourth-order valence-corrected chi connectivity index (χ4v) is 6.70. The Morgan fingerprint density at radius 1 is 0.867 bits per heavy atom. The molecule has 0 saturated heterocycles. The number of fused-ring (bicyclic) bond motifs is 2. The maximum Gasteiger partial charge on any atom is 0.297 e. The number of benzene rings is 4. The van der Waals surface area contributed by atoms with E-state index in [2.05, 4.69) is 34.6 Å². The number of hydrogen-bond acceptors (Lipinski definition) is 15. The molecule has 5 rings (SSSR count). The maximum absolute atomic E-state index is 12.4. The summed E-state index contributed by atoms with van der Waals surface area (Å²) in [5.74, 6) is -0.335. The van der Waals surface area contributed by atoms with E-state index in [0.717, 1.165) is 24.3 Å². The van der Waals surface area contributed by atoms with Crippen LogP contribution < -0.4 is 4.90 Å². The molecule has 5 aromatic rings. The third kappa shape index (κ3) is 6.77. The van der Waals surface area contributed by atoms with Crippen LogP contribution >= 0.6 is 35.2 Å². The van der Waals surface area contributed by atoms with Gasteiger partial charge in [0.05, 0.1) is 16.9 Å². The van der Waals surface area contributed by atoms with Gasteiger partial charge in [0.1, 0.15) is 21.2 Å². The minimum absolute atomic E-state index is 0.0201. The second-order valence-corrected chi connectivity index (χ2v) is 13.0. The van der Waals surface area contributed by atoms with Gasteiger partial charge in [0.15, 0.2) is 5.75 Å². The van der Waals surface area contributed by atoms with Crippen molar-refractivity contribution in [1.82, 2.24) is 15.0 Å². The van der Waals surface area contributed by atoms with Crippen molar-refractivity contribution in [2.24, 2.45) is 10.2 Å². The van der Waals surface area contributed by atoms with Crippen LogP contribution in [0.5, 0.6) is 5.75 Å². The van der Waals surface area contributed by atoms with Crippen LogP contribution in [0, 0.1) is 0 Å². The van der Waals surface area contributed by atoms with E-state index in [4.69, 9.17) is 28.5 Å². The lowest BCUT2D eigenvalue weighted by molar-refractivity contribution is -0.432. The first kappa shape index (κ1) is 32.6. The number of rotatable bonds is 9. The predicted octanol–water partition coefficient (Wildman–Crippen LogP) is 6.30. The smallest absolute Gasteiger partial charge is 0.297 e. The Hall–Kier alpha value is -3.76. The molecule has 0 aliphatic rings. The zero-order valence-electron chi connectivity index (χ0n) is 22.1. The number of halogens is 2. The summed E-state index contributed by atoms with van der Waals surface area (Å²) >= 11 is 12.2. The monoisotopic (exact) mass is 714 g/mol. The molecule has 4 N–H and O–H groups in total. The molecule has 45 heavy (non-hydrogen) atoms. The molecule has 0 bridgehead atoms. The van der Waals surface area contributed by atoms with E-state index >= 15 is 0 Å². The number of aromatic nitrogens is 3. The first-order valence-corrected chi connectivity index (χ1v) is 16.2. The third-order valence-electron chi connectivity index (χ3n) is 6.19. The zero-order valence-corrected chi connectivity index (χ0v) is 26.1. The zero-order chi connectivity index (χ0) is 32.7. The predicted molar refractivity (Wildman–Crippen MR) is 162 cm³/mol. The second kappa shape index (κ2) is 12.6. The molecule has 0 atom stereocenters. The molecule has 0 unspecified atom stereocenters. The molecule has 0 aliphatic heterocycles. The number of nitrogens with zero attached hydrogens (tertiary/aromatic N) is 6. The first-order chi connectivity index (χ1) is 21.2. The van der Waals surface area contributed by atoms with Crippen molar-refractivity contribution in [2.75, 3.05) is 11.9 Å². The van der Waals surface area contributed by atoms with Crippen molar-refractivity contribution in [3.8, 4) is 5.75 Å². The molecule has 21 heteroatoms. The van der Waals surface area contributed by atoms with Gasteiger partial charge in [-0.05, 0) is 65.0 Å².